The Labute approximate surface area is 134 Å². The molecule has 0 saturated carbocycles. The molecule has 2 aliphatic rings. The lowest BCUT2D eigenvalue weighted by molar-refractivity contribution is 0.181. The van der Waals surface area contributed by atoms with Gasteiger partial charge in [-0.2, -0.15) is 0 Å². The molecule has 118 valence electrons. The first kappa shape index (κ1) is 16.6. The molecule has 0 heterocycles. The average Bonchev–Trinajstić information content (AvgIpc) is 2.53. The molecule has 1 aromatic carbocycles. The van der Waals surface area contributed by atoms with E-state index in [1.807, 2.05) is 30.3 Å². The van der Waals surface area contributed by atoms with Gasteiger partial charge in [-0.3, -0.25) is 0 Å². The standard InChI is InChI=1S/C14H23NO.C6H4/c1-4-15(5-2)12-11-13(3)16-14-9-7-6-8-10-14;1-2-6-4-3-5(1)6/h6-10,13H,4-5,11-12H2,1-3H3;1-4H. The Morgan fingerprint density at radius 3 is 1.82 bits per heavy atom. The third-order valence-electron chi connectivity index (χ3n) is 4.04. The molecule has 0 amide bonds. The van der Waals surface area contributed by atoms with Crippen molar-refractivity contribution >= 4 is 0 Å². The molecule has 1 unspecified atom stereocenters. The van der Waals surface area contributed by atoms with Gasteiger partial charge in [0.1, 0.15) is 5.75 Å². The van der Waals surface area contributed by atoms with Crippen molar-refractivity contribution in [1.82, 2.24) is 4.90 Å². The topological polar surface area (TPSA) is 12.5 Å². The summed E-state index contributed by atoms with van der Waals surface area (Å²) in [4.78, 5) is 2.42. The first-order chi connectivity index (χ1) is 10.7. The largest absolute Gasteiger partial charge is 0.491 e. The molecular formula is C20H27NO. The van der Waals surface area contributed by atoms with Crippen molar-refractivity contribution in [2.24, 2.45) is 0 Å². The lowest BCUT2D eigenvalue weighted by Crippen LogP contribution is -2.27. The van der Waals surface area contributed by atoms with E-state index in [1.54, 1.807) is 0 Å². The van der Waals surface area contributed by atoms with Gasteiger partial charge in [0.05, 0.1) is 6.10 Å². The zero-order chi connectivity index (χ0) is 15.8. The molecule has 2 nitrogen and oxygen atoms in total. The Hall–Kier alpha value is -1.80. The van der Waals surface area contributed by atoms with Crippen LogP contribution in [-0.2, 0) is 0 Å². The van der Waals surface area contributed by atoms with Crippen LogP contribution < -0.4 is 4.74 Å². The van der Waals surface area contributed by atoms with Crippen LogP contribution in [0.25, 0.3) is 0 Å². The van der Waals surface area contributed by atoms with E-state index in [2.05, 4.69) is 49.9 Å². The molecule has 0 fully saturated rings. The number of hydrogen-bond donors (Lipinski definition) is 0. The second-order valence-electron chi connectivity index (χ2n) is 5.63. The highest BCUT2D eigenvalue weighted by Gasteiger charge is 2.06. The van der Waals surface area contributed by atoms with Crippen molar-refractivity contribution in [2.45, 2.75) is 33.3 Å². The summed E-state index contributed by atoms with van der Waals surface area (Å²) < 4.78 is 5.83. The highest BCUT2D eigenvalue weighted by Crippen LogP contribution is 2.12. The van der Waals surface area contributed by atoms with E-state index < -0.39 is 0 Å². The minimum Gasteiger partial charge on any atom is -0.491 e. The van der Waals surface area contributed by atoms with Gasteiger partial charge in [-0.15, -0.1) is 0 Å². The Morgan fingerprint density at radius 2 is 1.41 bits per heavy atom. The average molecular weight is 297 g/mol. The van der Waals surface area contributed by atoms with E-state index in [9.17, 15) is 0 Å². The Balaban J connectivity index is 0.000000238. The molecule has 3 rings (SSSR count). The lowest BCUT2D eigenvalue weighted by Gasteiger charge is -2.21. The summed E-state index contributed by atoms with van der Waals surface area (Å²) in [5.74, 6) is 0.967. The van der Waals surface area contributed by atoms with Gasteiger partial charge in [-0.05, 0) is 49.0 Å². The summed E-state index contributed by atoms with van der Waals surface area (Å²) in [6.45, 7) is 9.89. The van der Waals surface area contributed by atoms with Crippen LogP contribution in [0.2, 0.25) is 0 Å². The first-order valence-corrected chi connectivity index (χ1v) is 8.27. The van der Waals surface area contributed by atoms with E-state index in [4.69, 9.17) is 4.74 Å². The maximum atomic E-state index is 5.83. The van der Waals surface area contributed by atoms with Crippen LogP contribution >= 0.6 is 0 Å². The van der Waals surface area contributed by atoms with E-state index >= 15 is 0 Å². The van der Waals surface area contributed by atoms with Crippen LogP contribution in [-0.4, -0.2) is 30.6 Å². The highest BCUT2D eigenvalue weighted by molar-refractivity contribution is 5.22. The molecular weight excluding hydrogens is 270 g/mol. The SMILES string of the molecule is CCN(CC)CCC(C)Oc1ccccc1.c1cc2ccc1=2. The predicted molar refractivity (Wildman–Crippen MR) is 93.1 cm³/mol. The molecule has 0 bridgehead atoms. The molecule has 1 atom stereocenters. The van der Waals surface area contributed by atoms with Crippen molar-refractivity contribution < 1.29 is 4.74 Å². The molecule has 2 aliphatic carbocycles. The summed E-state index contributed by atoms with van der Waals surface area (Å²) in [6, 6.07) is 18.5. The summed E-state index contributed by atoms with van der Waals surface area (Å²) in [7, 11) is 0. The predicted octanol–water partition coefficient (Wildman–Crippen LogP) is 4.47. The van der Waals surface area contributed by atoms with Crippen molar-refractivity contribution in [3.8, 4) is 5.75 Å². The number of benzene rings is 2. The van der Waals surface area contributed by atoms with Crippen LogP contribution in [0.3, 0.4) is 0 Å². The third kappa shape index (κ3) is 4.88. The van der Waals surface area contributed by atoms with E-state index in [-0.39, 0.29) is 6.10 Å². The molecule has 0 N–H and O–H groups in total. The van der Waals surface area contributed by atoms with Crippen LogP contribution in [0.5, 0.6) is 5.75 Å². The molecule has 0 spiro atoms. The fourth-order valence-electron chi connectivity index (χ4n) is 2.36. The number of ether oxygens (including phenoxy) is 1. The number of rotatable bonds is 7. The van der Waals surface area contributed by atoms with Gasteiger partial charge < -0.3 is 9.64 Å². The van der Waals surface area contributed by atoms with Crippen LogP contribution in [0.1, 0.15) is 27.2 Å². The van der Waals surface area contributed by atoms with Gasteiger partial charge in [0.15, 0.2) is 0 Å². The van der Waals surface area contributed by atoms with Gasteiger partial charge in [0.2, 0.25) is 0 Å². The second kappa shape index (κ2) is 8.60. The normalized spacial score (nSPS) is 12.4. The summed E-state index contributed by atoms with van der Waals surface area (Å²) >= 11 is 0. The highest BCUT2D eigenvalue weighted by atomic mass is 16.5. The van der Waals surface area contributed by atoms with Crippen LogP contribution in [0, 0.1) is 10.4 Å². The quantitative estimate of drug-likeness (QED) is 0.638. The number of hydrogen-bond acceptors (Lipinski definition) is 2. The molecule has 0 aromatic heterocycles. The fraction of sp³-hybridized carbons (Fsp3) is 0.400. The number of para-hydroxylation sites is 1. The molecule has 0 aliphatic heterocycles. The minimum atomic E-state index is 0.281. The Morgan fingerprint density at radius 1 is 0.864 bits per heavy atom. The smallest absolute Gasteiger partial charge is 0.119 e. The van der Waals surface area contributed by atoms with Crippen molar-refractivity contribution in [2.75, 3.05) is 19.6 Å². The molecule has 0 radical (unpaired) electrons. The molecule has 0 saturated heterocycles. The fourth-order valence-corrected chi connectivity index (χ4v) is 2.36. The van der Waals surface area contributed by atoms with Gasteiger partial charge in [0.25, 0.3) is 0 Å². The molecule has 2 heteroatoms. The van der Waals surface area contributed by atoms with Gasteiger partial charge in [0, 0.05) is 6.54 Å². The van der Waals surface area contributed by atoms with Gasteiger partial charge in [-0.25, -0.2) is 0 Å². The number of nitrogens with zero attached hydrogens (tertiary/aromatic N) is 1. The van der Waals surface area contributed by atoms with Crippen LogP contribution in [0.4, 0.5) is 0 Å². The summed E-state index contributed by atoms with van der Waals surface area (Å²) in [5.41, 5.74) is 0. The molecule has 1 aromatic rings. The van der Waals surface area contributed by atoms with E-state index in [1.165, 1.54) is 10.4 Å². The first-order valence-electron chi connectivity index (χ1n) is 8.27. The van der Waals surface area contributed by atoms with E-state index in [0.29, 0.717) is 0 Å². The minimum absolute atomic E-state index is 0.281. The maximum absolute atomic E-state index is 5.83. The zero-order valence-corrected chi connectivity index (χ0v) is 14.0. The Bertz CT molecular complexity index is 584. The van der Waals surface area contributed by atoms with Crippen molar-refractivity contribution in [1.29, 1.82) is 0 Å². The van der Waals surface area contributed by atoms with Crippen molar-refractivity contribution in [3.63, 3.8) is 0 Å². The van der Waals surface area contributed by atoms with Gasteiger partial charge in [-0.1, -0.05) is 56.3 Å². The second-order valence-corrected chi connectivity index (χ2v) is 5.63. The third-order valence-corrected chi connectivity index (χ3v) is 4.04. The zero-order valence-electron chi connectivity index (χ0n) is 14.0. The van der Waals surface area contributed by atoms with Crippen molar-refractivity contribution in [3.05, 3.63) is 65.0 Å². The summed E-state index contributed by atoms with van der Waals surface area (Å²) in [5, 5.41) is 2.85. The summed E-state index contributed by atoms with van der Waals surface area (Å²) in [6.07, 6.45) is 1.36. The van der Waals surface area contributed by atoms with Crippen LogP contribution in [0.15, 0.2) is 54.6 Å². The monoisotopic (exact) mass is 297 g/mol. The van der Waals surface area contributed by atoms with Gasteiger partial charge >= 0.3 is 0 Å². The Kier molecular flexibility index (Phi) is 6.47. The lowest BCUT2D eigenvalue weighted by atomic mass is 10.1. The van der Waals surface area contributed by atoms with E-state index in [0.717, 1.165) is 31.8 Å². The molecule has 22 heavy (non-hydrogen) atoms. The maximum Gasteiger partial charge on any atom is 0.119 e.